The summed E-state index contributed by atoms with van der Waals surface area (Å²) in [4.78, 5) is 0. The fourth-order valence-electron chi connectivity index (χ4n) is 2.31. The highest BCUT2D eigenvalue weighted by Crippen LogP contribution is 2.33. The predicted molar refractivity (Wildman–Crippen MR) is 53.0 cm³/mol. The van der Waals surface area contributed by atoms with Crippen LogP contribution >= 0.6 is 0 Å². The molecule has 0 nitrogen and oxygen atoms in total. The molecule has 0 spiro atoms. The maximum Gasteiger partial charge on any atom is -0.0165 e. The van der Waals surface area contributed by atoms with Crippen LogP contribution in [0.4, 0.5) is 0 Å². The molecule has 0 aromatic rings. The van der Waals surface area contributed by atoms with Crippen LogP contribution in [-0.2, 0) is 0 Å². The molecule has 1 unspecified atom stereocenters. The third-order valence-corrected chi connectivity index (χ3v) is 3.17. The molecule has 0 aromatic carbocycles. The van der Waals surface area contributed by atoms with Crippen LogP contribution in [0, 0.1) is 11.8 Å². The topological polar surface area (TPSA) is 0 Å². The van der Waals surface area contributed by atoms with E-state index < -0.39 is 0 Å². The standard InChI is InChI=1S/C12H18/c1-10-6-8-12(9-7-10)11-4-2-3-5-11/h6,8-11H,2-5,7H2,1H3. The zero-order valence-electron chi connectivity index (χ0n) is 7.92. The summed E-state index contributed by atoms with van der Waals surface area (Å²) in [6.07, 6.45) is 14.2. The van der Waals surface area contributed by atoms with Gasteiger partial charge in [0.05, 0.1) is 0 Å². The fraction of sp³-hybridized carbons (Fsp3) is 0.667. The number of hydrogen-bond donors (Lipinski definition) is 0. The lowest BCUT2D eigenvalue weighted by molar-refractivity contribution is 0.632. The van der Waals surface area contributed by atoms with Crippen LogP contribution < -0.4 is 0 Å². The van der Waals surface area contributed by atoms with Gasteiger partial charge in [-0.25, -0.2) is 0 Å². The van der Waals surface area contributed by atoms with Crippen LogP contribution in [0.25, 0.3) is 0 Å². The van der Waals surface area contributed by atoms with Crippen LogP contribution in [0.3, 0.4) is 0 Å². The number of hydrogen-bond acceptors (Lipinski definition) is 0. The first kappa shape index (κ1) is 8.10. The van der Waals surface area contributed by atoms with Gasteiger partial charge < -0.3 is 0 Å². The average molecular weight is 162 g/mol. The molecular formula is C12H18. The second kappa shape index (κ2) is 3.47. The molecule has 0 amide bonds. The van der Waals surface area contributed by atoms with Gasteiger partial charge in [0.25, 0.3) is 0 Å². The van der Waals surface area contributed by atoms with E-state index in [-0.39, 0.29) is 0 Å². The highest BCUT2D eigenvalue weighted by atomic mass is 14.2. The third-order valence-electron chi connectivity index (χ3n) is 3.17. The van der Waals surface area contributed by atoms with Gasteiger partial charge in [-0.2, -0.15) is 0 Å². The van der Waals surface area contributed by atoms with Gasteiger partial charge in [0.15, 0.2) is 0 Å². The fourth-order valence-corrected chi connectivity index (χ4v) is 2.31. The lowest BCUT2D eigenvalue weighted by Gasteiger charge is -2.16. The number of allylic oxidation sites excluding steroid dienone is 4. The van der Waals surface area contributed by atoms with E-state index in [0.29, 0.717) is 0 Å². The lowest BCUT2D eigenvalue weighted by atomic mass is 9.89. The van der Waals surface area contributed by atoms with Gasteiger partial charge in [0.1, 0.15) is 0 Å². The second-order valence-corrected chi connectivity index (χ2v) is 4.26. The Bertz CT molecular complexity index is 204. The summed E-state index contributed by atoms with van der Waals surface area (Å²) in [5, 5.41) is 0. The summed E-state index contributed by atoms with van der Waals surface area (Å²) in [6.45, 7) is 2.29. The molecule has 0 N–H and O–H groups in total. The van der Waals surface area contributed by atoms with Gasteiger partial charge in [0, 0.05) is 0 Å². The molecule has 1 fully saturated rings. The molecule has 0 radical (unpaired) electrons. The van der Waals surface area contributed by atoms with Gasteiger partial charge in [-0.3, -0.25) is 0 Å². The van der Waals surface area contributed by atoms with Crippen LogP contribution in [-0.4, -0.2) is 0 Å². The van der Waals surface area contributed by atoms with E-state index in [1.54, 1.807) is 5.57 Å². The van der Waals surface area contributed by atoms with E-state index in [1.807, 2.05) is 0 Å². The van der Waals surface area contributed by atoms with E-state index in [9.17, 15) is 0 Å². The van der Waals surface area contributed by atoms with Crippen LogP contribution in [0.5, 0.6) is 0 Å². The van der Waals surface area contributed by atoms with Crippen molar-refractivity contribution in [3.8, 4) is 0 Å². The van der Waals surface area contributed by atoms with Crippen molar-refractivity contribution >= 4 is 0 Å². The van der Waals surface area contributed by atoms with Gasteiger partial charge in [0.2, 0.25) is 0 Å². The zero-order chi connectivity index (χ0) is 8.39. The Morgan fingerprint density at radius 1 is 1.25 bits per heavy atom. The van der Waals surface area contributed by atoms with E-state index in [4.69, 9.17) is 0 Å². The Kier molecular flexibility index (Phi) is 2.34. The normalized spacial score (nSPS) is 30.8. The highest BCUT2D eigenvalue weighted by molar-refractivity contribution is 5.26. The Morgan fingerprint density at radius 2 is 2.00 bits per heavy atom. The van der Waals surface area contributed by atoms with E-state index in [2.05, 4.69) is 25.2 Å². The molecule has 12 heavy (non-hydrogen) atoms. The summed E-state index contributed by atoms with van der Waals surface area (Å²) >= 11 is 0. The van der Waals surface area contributed by atoms with Gasteiger partial charge in [-0.1, -0.05) is 38.0 Å². The first-order valence-corrected chi connectivity index (χ1v) is 5.24. The SMILES string of the molecule is CC1C=CC(C2CCCC2)=CC1. The molecule has 0 aromatic heterocycles. The Labute approximate surface area is 75.4 Å². The number of rotatable bonds is 1. The molecule has 0 heteroatoms. The van der Waals surface area contributed by atoms with Crippen LogP contribution in [0.1, 0.15) is 39.0 Å². The van der Waals surface area contributed by atoms with Crippen LogP contribution in [0.15, 0.2) is 23.8 Å². The second-order valence-electron chi connectivity index (χ2n) is 4.26. The molecule has 0 saturated heterocycles. The molecule has 0 aliphatic heterocycles. The predicted octanol–water partition coefficient (Wildman–Crippen LogP) is 3.70. The Morgan fingerprint density at radius 3 is 2.58 bits per heavy atom. The van der Waals surface area contributed by atoms with E-state index >= 15 is 0 Å². The van der Waals surface area contributed by atoms with Crippen molar-refractivity contribution in [3.63, 3.8) is 0 Å². The maximum absolute atomic E-state index is 2.46. The van der Waals surface area contributed by atoms with Crippen molar-refractivity contribution in [2.45, 2.75) is 39.0 Å². The molecule has 1 saturated carbocycles. The molecule has 2 aliphatic rings. The summed E-state index contributed by atoms with van der Waals surface area (Å²) in [5.74, 6) is 1.68. The van der Waals surface area contributed by atoms with Crippen LogP contribution in [0.2, 0.25) is 0 Å². The molecular weight excluding hydrogens is 144 g/mol. The largest absolute Gasteiger partial charge is 0.0811 e. The molecule has 2 aliphatic carbocycles. The van der Waals surface area contributed by atoms with Crippen molar-refractivity contribution in [2.75, 3.05) is 0 Å². The van der Waals surface area contributed by atoms with Crippen molar-refractivity contribution in [1.29, 1.82) is 0 Å². The smallest absolute Gasteiger partial charge is 0.0165 e. The average Bonchev–Trinajstić information content (AvgIpc) is 2.58. The first-order chi connectivity index (χ1) is 5.86. The minimum atomic E-state index is 0.773. The van der Waals surface area contributed by atoms with Crippen molar-refractivity contribution in [1.82, 2.24) is 0 Å². The molecule has 2 rings (SSSR count). The Balaban J connectivity index is 2.00. The third kappa shape index (κ3) is 1.63. The zero-order valence-corrected chi connectivity index (χ0v) is 7.92. The van der Waals surface area contributed by atoms with Gasteiger partial charge >= 0.3 is 0 Å². The summed E-state index contributed by atoms with van der Waals surface area (Å²) in [7, 11) is 0. The molecule has 1 atom stereocenters. The van der Waals surface area contributed by atoms with Gasteiger partial charge in [-0.15, -0.1) is 0 Å². The Hall–Kier alpha value is -0.520. The monoisotopic (exact) mass is 162 g/mol. The molecule has 0 heterocycles. The highest BCUT2D eigenvalue weighted by Gasteiger charge is 2.18. The first-order valence-electron chi connectivity index (χ1n) is 5.24. The quantitative estimate of drug-likeness (QED) is 0.551. The molecule has 66 valence electrons. The van der Waals surface area contributed by atoms with E-state index in [1.165, 1.54) is 32.1 Å². The summed E-state index contributed by atoms with van der Waals surface area (Å²) in [5.41, 5.74) is 1.63. The van der Waals surface area contributed by atoms with Crippen molar-refractivity contribution < 1.29 is 0 Å². The minimum Gasteiger partial charge on any atom is -0.0811 e. The van der Waals surface area contributed by atoms with Gasteiger partial charge in [-0.05, 0) is 36.7 Å². The van der Waals surface area contributed by atoms with Crippen molar-refractivity contribution in [3.05, 3.63) is 23.8 Å². The van der Waals surface area contributed by atoms with E-state index in [0.717, 1.165) is 11.8 Å². The maximum atomic E-state index is 2.46. The summed E-state index contributed by atoms with van der Waals surface area (Å²) in [6, 6.07) is 0. The minimum absolute atomic E-state index is 0.773. The summed E-state index contributed by atoms with van der Waals surface area (Å²) < 4.78 is 0. The molecule has 0 bridgehead atoms. The van der Waals surface area contributed by atoms with Crippen molar-refractivity contribution in [2.24, 2.45) is 11.8 Å². The lowest BCUT2D eigenvalue weighted by Crippen LogP contribution is -2.01.